The summed E-state index contributed by atoms with van der Waals surface area (Å²) in [7, 11) is 0. The topological polar surface area (TPSA) is 96.0 Å². The van der Waals surface area contributed by atoms with Crippen LogP contribution in [-0.2, 0) is 16.1 Å². The molecule has 1 aromatic heterocycles. The van der Waals surface area contributed by atoms with E-state index in [2.05, 4.69) is 30.8 Å². The number of carbonyl (C=O) groups excluding carboxylic acids is 1. The van der Waals surface area contributed by atoms with Crippen LogP contribution in [0.5, 0.6) is 0 Å². The predicted octanol–water partition coefficient (Wildman–Crippen LogP) is 2.63. The Labute approximate surface area is 173 Å². The van der Waals surface area contributed by atoms with E-state index in [4.69, 9.17) is 4.74 Å². The minimum Gasteiger partial charge on any atom is -0.373 e. The van der Waals surface area contributed by atoms with Gasteiger partial charge in [0.1, 0.15) is 5.82 Å². The van der Waals surface area contributed by atoms with Gasteiger partial charge in [0.15, 0.2) is 0 Å². The molecule has 9 heteroatoms. The third kappa shape index (κ3) is 5.46. The summed E-state index contributed by atoms with van der Waals surface area (Å²) in [5.74, 6) is 0.173. The van der Waals surface area contributed by atoms with Crippen LogP contribution in [0.3, 0.4) is 0 Å². The van der Waals surface area contributed by atoms with Crippen molar-refractivity contribution >= 4 is 11.6 Å². The highest BCUT2D eigenvalue weighted by atomic mass is 19.1. The molecule has 0 aliphatic carbocycles. The van der Waals surface area contributed by atoms with E-state index in [1.54, 1.807) is 12.1 Å². The van der Waals surface area contributed by atoms with Gasteiger partial charge in [0.25, 0.3) is 0 Å². The van der Waals surface area contributed by atoms with Gasteiger partial charge in [-0.05, 0) is 47.9 Å². The van der Waals surface area contributed by atoms with Crippen molar-refractivity contribution < 1.29 is 13.9 Å². The monoisotopic (exact) mass is 410 g/mol. The Balaban J connectivity index is 1.21. The molecule has 1 amide bonds. The third-order valence-electron chi connectivity index (χ3n) is 5.05. The fourth-order valence-electron chi connectivity index (χ4n) is 3.45. The molecule has 0 bridgehead atoms. The number of tetrazole rings is 1. The Morgan fingerprint density at radius 1 is 1.20 bits per heavy atom. The summed E-state index contributed by atoms with van der Waals surface area (Å²) in [6, 6.07) is 13.7. The first-order valence-electron chi connectivity index (χ1n) is 9.88. The lowest BCUT2D eigenvalue weighted by Crippen LogP contribution is -2.41. The van der Waals surface area contributed by atoms with Crippen molar-refractivity contribution in [3.8, 4) is 11.4 Å². The Kier molecular flexibility index (Phi) is 6.41. The van der Waals surface area contributed by atoms with Crippen molar-refractivity contribution in [2.45, 2.75) is 25.6 Å². The number of likely N-dealkylation sites (tertiary alicyclic amines) is 1. The average molecular weight is 410 g/mol. The fourth-order valence-corrected chi connectivity index (χ4v) is 3.45. The number of aromatic amines is 1. The van der Waals surface area contributed by atoms with Gasteiger partial charge in [-0.2, -0.15) is 5.21 Å². The zero-order chi connectivity index (χ0) is 20.8. The first-order valence-corrected chi connectivity index (χ1v) is 9.88. The molecule has 4 rings (SSSR count). The van der Waals surface area contributed by atoms with E-state index in [0.717, 1.165) is 37.1 Å². The van der Waals surface area contributed by atoms with E-state index in [0.29, 0.717) is 24.7 Å². The standard InChI is InChI=1S/C21H23FN6O2/c22-17-6-4-15(5-7-17)14-30-19-8-10-28(11-9-19)13-20(29)23-18-3-1-2-16(12-18)21-24-26-27-25-21/h1-7,12,19H,8-11,13-14H2,(H,23,29)(H,24,25,26,27). The highest BCUT2D eigenvalue weighted by Gasteiger charge is 2.21. The van der Waals surface area contributed by atoms with Gasteiger partial charge in [0.05, 0.1) is 19.3 Å². The van der Waals surface area contributed by atoms with Crippen LogP contribution in [0.2, 0.25) is 0 Å². The molecule has 1 aliphatic heterocycles. The summed E-state index contributed by atoms with van der Waals surface area (Å²) >= 11 is 0. The van der Waals surface area contributed by atoms with Gasteiger partial charge in [-0.15, -0.1) is 10.2 Å². The summed E-state index contributed by atoms with van der Waals surface area (Å²) in [5, 5.41) is 16.8. The maximum atomic E-state index is 13.0. The van der Waals surface area contributed by atoms with E-state index in [-0.39, 0.29) is 17.8 Å². The SMILES string of the molecule is O=C(CN1CCC(OCc2ccc(F)cc2)CC1)Nc1cccc(-c2nn[nH]n2)c1. The van der Waals surface area contributed by atoms with Gasteiger partial charge < -0.3 is 10.1 Å². The highest BCUT2D eigenvalue weighted by molar-refractivity contribution is 5.92. The third-order valence-corrected chi connectivity index (χ3v) is 5.05. The number of hydrogen-bond donors (Lipinski definition) is 2. The second-order valence-corrected chi connectivity index (χ2v) is 7.28. The molecule has 8 nitrogen and oxygen atoms in total. The van der Waals surface area contributed by atoms with Gasteiger partial charge in [0.2, 0.25) is 11.7 Å². The molecule has 0 spiro atoms. The van der Waals surface area contributed by atoms with Crippen LogP contribution < -0.4 is 5.32 Å². The van der Waals surface area contributed by atoms with E-state index >= 15 is 0 Å². The van der Waals surface area contributed by atoms with Crippen LogP contribution in [-0.4, -0.2) is 57.2 Å². The second-order valence-electron chi connectivity index (χ2n) is 7.28. The van der Waals surface area contributed by atoms with Crippen LogP contribution in [0, 0.1) is 5.82 Å². The molecule has 156 valence electrons. The van der Waals surface area contributed by atoms with E-state index in [1.807, 2.05) is 24.3 Å². The largest absolute Gasteiger partial charge is 0.373 e. The number of hydrogen-bond acceptors (Lipinski definition) is 6. The summed E-state index contributed by atoms with van der Waals surface area (Å²) in [4.78, 5) is 14.6. The van der Waals surface area contributed by atoms with Crippen LogP contribution in [0.1, 0.15) is 18.4 Å². The number of anilines is 1. The maximum absolute atomic E-state index is 13.0. The average Bonchev–Trinajstić information content (AvgIpc) is 3.30. The lowest BCUT2D eigenvalue weighted by molar-refractivity contribution is -0.118. The van der Waals surface area contributed by atoms with Crippen molar-refractivity contribution in [2.75, 3.05) is 25.0 Å². The summed E-state index contributed by atoms with van der Waals surface area (Å²) < 4.78 is 18.9. The van der Waals surface area contributed by atoms with Gasteiger partial charge in [-0.25, -0.2) is 4.39 Å². The number of carbonyl (C=O) groups is 1. The lowest BCUT2D eigenvalue weighted by Gasteiger charge is -2.31. The number of nitrogens with zero attached hydrogens (tertiary/aromatic N) is 4. The molecule has 30 heavy (non-hydrogen) atoms. The quantitative estimate of drug-likeness (QED) is 0.622. The molecule has 2 N–H and O–H groups in total. The number of ether oxygens (including phenoxy) is 1. The Hall–Kier alpha value is -3.17. The molecule has 1 fully saturated rings. The molecule has 2 aromatic carbocycles. The molecule has 3 aromatic rings. The van der Waals surface area contributed by atoms with Gasteiger partial charge in [-0.1, -0.05) is 24.3 Å². The first-order chi connectivity index (χ1) is 14.7. The number of amides is 1. The highest BCUT2D eigenvalue weighted by Crippen LogP contribution is 2.19. The molecule has 0 atom stereocenters. The number of H-pyrrole nitrogens is 1. The van der Waals surface area contributed by atoms with Crippen LogP contribution in [0.4, 0.5) is 10.1 Å². The number of halogens is 1. The maximum Gasteiger partial charge on any atom is 0.238 e. The van der Waals surface area contributed by atoms with Crippen LogP contribution in [0.15, 0.2) is 48.5 Å². The minimum atomic E-state index is -0.244. The van der Waals surface area contributed by atoms with Crippen molar-refractivity contribution in [3.63, 3.8) is 0 Å². The predicted molar refractivity (Wildman–Crippen MR) is 109 cm³/mol. The number of aromatic nitrogens is 4. The number of rotatable bonds is 7. The zero-order valence-electron chi connectivity index (χ0n) is 16.4. The van der Waals surface area contributed by atoms with Crippen molar-refractivity contribution in [2.24, 2.45) is 0 Å². The minimum absolute atomic E-state index is 0.0639. The Bertz CT molecular complexity index is 956. The van der Waals surface area contributed by atoms with Crippen molar-refractivity contribution in [1.29, 1.82) is 0 Å². The first kappa shape index (κ1) is 20.1. The number of piperidine rings is 1. The molecule has 1 saturated heterocycles. The number of nitrogens with one attached hydrogen (secondary N) is 2. The summed E-state index contributed by atoms with van der Waals surface area (Å²) in [6.07, 6.45) is 1.88. The number of benzene rings is 2. The molecule has 0 saturated carbocycles. The normalized spacial score (nSPS) is 15.2. The lowest BCUT2D eigenvalue weighted by atomic mass is 10.1. The molecule has 0 unspecified atom stereocenters. The van der Waals surface area contributed by atoms with Gasteiger partial charge in [-0.3, -0.25) is 9.69 Å². The summed E-state index contributed by atoms with van der Waals surface area (Å²) in [6.45, 7) is 2.40. The molecular formula is C21H23FN6O2. The molecule has 0 radical (unpaired) electrons. The summed E-state index contributed by atoms with van der Waals surface area (Å²) in [5.41, 5.74) is 2.43. The Morgan fingerprint density at radius 3 is 2.73 bits per heavy atom. The fraction of sp³-hybridized carbons (Fsp3) is 0.333. The smallest absolute Gasteiger partial charge is 0.238 e. The van der Waals surface area contributed by atoms with Crippen molar-refractivity contribution in [1.82, 2.24) is 25.5 Å². The molecule has 1 aliphatic rings. The Morgan fingerprint density at radius 2 is 2.00 bits per heavy atom. The van der Waals surface area contributed by atoms with E-state index < -0.39 is 0 Å². The van der Waals surface area contributed by atoms with Gasteiger partial charge in [0, 0.05) is 24.3 Å². The zero-order valence-corrected chi connectivity index (χ0v) is 16.4. The van der Waals surface area contributed by atoms with Crippen molar-refractivity contribution in [3.05, 3.63) is 59.9 Å². The second kappa shape index (κ2) is 9.55. The molecular weight excluding hydrogens is 387 g/mol. The van der Waals surface area contributed by atoms with Gasteiger partial charge >= 0.3 is 0 Å². The van der Waals surface area contributed by atoms with E-state index in [1.165, 1.54) is 12.1 Å². The van der Waals surface area contributed by atoms with E-state index in [9.17, 15) is 9.18 Å². The van der Waals surface area contributed by atoms with Crippen LogP contribution >= 0.6 is 0 Å². The molecule has 2 heterocycles. The van der Waals surface area contributed by atoms with Crippen LogP contribution in [0.25, 0.3) is 11.4 Å².